The molecule has 0 saturated heterocycles. The predicted molar refractivity (Wildman–Crippen MR) is 114 cm³/mol. The van der Waals surface area contributed by atoms with Gasteiger partial charge < -0.3 is 15.0 Å². The molecule has 3 heterocycles. The van der Waals surface area contributed by atoms with Crippen LogP contribution in [0.25, 0.3) is 22.3 Å². The molecular weight excluding hydrogens is 378 g/mol. The Balaban J connectivity index is 1.42. The van der Waals surface area contributed by atoms with Crippen molar-refractivity contribution in [2.45, 2.75) is 18.8 Å². The van der Waals surface area contributed by atoms with Crippen LogP contribution < -0.4 is 10.1 Å². The van der Waals surface area contributed by atoms with Crippen LogP contribution in [-0.4, -0.2) is 25.8 Å². The van der Waals surface area contributed by atoms with Crippen LogP contribution >= 0.6 is 0 Å². The normalized spacial score (nSPS) is 13.2. The molecule has 1 aliphatic carbocycles. The number of benzene rings is 1. The van der Waals surface area contributed by atoms with Crippen molar-refractivity contribution in [3.63, 3.8) is 0 Å². The van der Waals surface area contributed by atoms with Gasteiger partial charge in [-0.3, -0.25) is 9.78 Å². The van der Waals surface area contributed by atoms with Gasteiger partial charge in [0.2, 0.25) is 11.8 Å². The summed E-state index contributed by atoms with van der Waals surface area (Å²) in [6.45, 7) is 3.45. The van der Waals surface area contributed by atoms with Crippen LogP contribution in [0.2, 0.25) is 0 Å². The molecule has 0 bridgehead atoms. The van der Waals surface area contributed by atoms with E-state index >= 15 is 0 Å². The first kappa shape index (κ1) is 18.1. The number of carbonyl (C=O) groups is 1. The summed E-state index contributed by atoms with van der Waals surface area (Å²) < 4.78 is 5.88. The van der Waals surface area contributed by atoms with Crippen molar-refractivity contribution in [2.75, 3.05) is 5.32 Å². The zero-order valence-electron chi connectivity index (χ0n) is 16.1. The number of nitrogens with one attached hydrogen (secondary N) is 2. The number of hydrogen-bond acceptors (Lipinski definition) is 5. The predicted octanol–water partition coefficient (Wildman–Crippen LogP) is 4.81. The lowest BCUT2D eigenvalue weighted by atomic mass is 10.1. The number of aromatic amines is 1. The van der Waals surface area contributed by atoms with Gasteiger partial charge in [-0.15, -0.1) is 0 Å². The van der Waals surface area contributed by atoms with Crippen molar-refractivity contribution in [1.82, 2.24) is 19.9 Å². The molecule has 0 spiro atoms. The number of nitrogens with zero attached hydrogens (tertiary/aromatic N) is 3. The second-order valence-electron chi connectivity index (χ2n) is 7.18. The highest BCUT2D eigenvalue weighted by atomic mass is 16.5. The Morgan fingerprint density at radius 1 is 1.20 bits per heavy atom. The first-order valence-corrected chi connectivity index (χ1v) is 9.71. The fourth-order valence-corrected chi connectivity index (χ4v) is 3.28. The van der Waals surface area contributed by atoms with Crippen molar-refractivity contribution < 1.29 is 9.53 Å². The van der Waals surface area contributed by atoms with E-state index < -0.39 is 0 Å². The molecule has 3 aromatic heterocycles. The van der Waals surface area contributed by atoms with Crippen molar-refractivity contribution in [1.29, 1.82) is 0 Å². The maximum Gasteiger partial charge on any atom is 0.247 e. The third-order valence-electron chi connectivity index (χ3n) is 4.96. The molecule has 1 aliphatic rings. The molecule has 4 aromatic rings. The van der Waals surface area contributed by atoms with Crippen LogP contribution in [0.5, 0.6) is 11.6 Å². The molecule has 7 nitrogen and oxygen atoms in total. The van der Waals surface area contributed by atoms with Crippen molar-refractivity contribution in [3.8, 4) is 22.8 Å². The smallest absolute Gasteiger partial charge is 0.247 e. The van der Waals surface area contributed by atoms with Crippen LogP contribution in [0.3, 0.4) is 0 Å². The Morgan fingerprint density at radius 3 is 2.87 bits per heavy atom. The number of ether oxygens (including phenoxy) is 1. The van der Waals surface area contributed by atoms with E-state index in [9.17, 15) is 4.79 Å². The van der Waals surface area contributed by atoms with Crippen molar-refractivity contribution >= 4 is 22.8 Å². The molecule has 0 atom stereocenters. The van der Waals surface area contributed by atoms with Crippen LogP contribution in [-0.2, 0) is 4.79 Å². The lowest BCUT2D eigenvalue weighted by Crippen LogP contribution is -2.07. The fraction of sp³-hybridized carbons (Fsp3) is 0.130. The maximum atomic E-state index is 11.5. The summed E-state index contributed by atoms with van der Waals surface area (Å²) in [6, 6.07) is 11.2. The maximum absolute atomic E-state index is 11.5. The van der Waals surface area contributed by atoms with E-state index in [1.807, 2.05) is 12.4 Å². The Morgan fingerprint density at radius 2 is 2.10 bits per heavy atom. The van der Waals surface area contributed by atoms with Gasteiger partial charge in [0.15, 0.2) is 5.65 Å². The minimum atomic E-state index is -0.286. The molecule has 5 rings (SSSR count). The van der Waals surface area contributed by atoms with Gasteiger partial charge in [0.05, 0.1) is 6.20 Å². The summed E-state index contributed by atoms with van der Waals surface area (Å²) in [5.74, 6) is 1.23. The summed E-state index contributed by atoms with van der Waals surface area (Å²) in [4.78, 5) is 28.3. The highest BCUT2D eigenvalue weighted by Crippen LogP contribution is 2.39. The third-order valence-corrected chi connectivity index (χ3v) is 4.96. The average Bonchev–Trinajstić information content (AvgIpc) is 3.54. The van der Waals surface area contributed by atoms with Gasteiger partial charge in [-0.25, -0.2) is 9.97 Å². The first-order chi connectivity index (χ1) is 14.7. The van der Waals surface area contributed by atoms with Crippen LogP contribution in [0.1, 0.15) is 24.5 Å². The second kappa shape index (κ2) is 7.44. The molecule has 0 radical (unpaired) electrons. The van der Waals surface area contributed by atoms with E-state index in [-0.39, 0.29) is 5.91 Å². The Hall–Kier alpha value is -4.00. The molecule has 30 heavy (non-hydrogen) atoms. The zero-order chi connectivity index (χ0) is 20.5. The molecule has 2 N–H and O–H groups in total. The summed E-state index contributed by atoms with van der Waals surface area (Å²) in [6.07, 6.45) is 9.00. The average molecular weight is 397 g/mol. The summed E-state index contributed by atoms with van der Waals surface area (Å²) in [5.41, 5.74) is 5.05. The topological polar surface area (TPSA) is 92.8 Å². The fourth-order valence-electron chi connectivity index (χ4n) is 3.28. The van der Waals surface area contributed by atoms with Gasteiger partial charge in [0, 0.05) is 46.9 Å². The lowest BCUT2D eigenvalue weighted by molar-refractivity contribution is -0.111. The molecule has 1 aromatic carbocycles. The molecule has 148 valence electrons. The minimum Gasteiger partial charge on any atom is -0.437 e. The molecule has 7 heteroatoms. The Kier molecular flexibility index (Phi) is 4.48. The van der Waals surface area contributed by atoms with Gasteiger partial charge in [0.25, 0.3) is 0 Å². The SMILES string of the molecule is C=CC(=O)Nc1cccc(Oc2cnc3[nH]cc(-c4ccc(C5CC5)nc4)c3n2)c1. The van der Waals surface area contributed by atoms with Gasteiger partial charge in [-0.1, -0.05) is 18.7 Å². The molecule has 1 fully saturated rings. The number of H-pyrrole nitrogens is 1. The van der Waals surface area contributed by atoms with Crippen LogP contribution in [0, 0.1) is 0 Å². The van der Waals surface area contributed by atoms with E-state index in [4.69, 9.17) is 4.74 Å². The summed E-state index contributed by atoms with van der Waals surface area (Å²) in [5, 5.41) is 2.71. The lowest BCUT2D eigenvalue weighted by Gasteiger charge is -2.07. The van der Waals surface area contributed by atoms with Gasteiger partial charge in [0.1, 0.15) is 11.3 Å². The molecule has 1 saturated carbocycles. The minimum absolute atomic E-state index is 0.286. The van der Waals surface area contributed by atoms with Crippen molar-refractivity contribution in [3.05, 3.63) is 73.3 Å². The summed E-state index contributed by atoms with van der Waals surface area (Å²) in [7, 11) is 0. The number of amides is 1. The number of fused-ring (bicyclic) bond motifs is 1. The first-order valence-electron chi connectivity index (χ1n) is 9.71. The van der Waals surface area contributed by atoms with Gasteiger partial charge >= 0.3 is 0 Å². The number of carbonyl (C=O) groups excluding carboxylic acids is 1. The van der Waals surface area contributed by atoms with E-state index in [2.05, 4.69) is 44.0 Å². The number of aromatic nitrogens is 4. The van der Waals surface area contributed by atoms with E-state index in [1.165, 1.54) is 18.9 Å². The standard InChI is InChI=1S/C23H19N5O2/c1-2-20(29)27-16-4-3-5-17(10-16)30-21-13-26-23-22(28-21)18(12-25-23)15-8-9-19(24-11-15)14-6-7-14/h2-5,8-14H,1,6-7H2,(H,25,26)(H,27,29). The number of hydrogen-bond donors (Lipinski definition) is 2. The third kappa shape index (κ3) is 3.65. The van der Waals surface area contributed by atoms with Crippen LogP contribution in [0.15, 0.2) is 67.6 Å². The Labute approximate surface area is 172 Å². The largest absolute Gasteiger partial charge is 0.437 e. The van der Waals surface area contributed by atoms with Crippen LogP contribution in [0.4, 0.5) is 5.69 Å². The number of anilines is 1. The van der Waals surface area contributed by atoms with E-state index in [0.29, 0.717) is 34.4 Å². The molecular formula is C23H19N5O2. The molecule has 0 aliphatic heterocycles. The summed E-state index contributed by atoms with van der Waals surface area (Å²) >= 11 is 0. The highest BCUT2D eigenvalue weighted by molar-refractivity contribution is 5.99. The molecule has 1 amide bonds. The quantitative estimate of drug-likeness (QED) is 0.455. The van der Waals surface area contributed by atoms with E-state index in [1.54, 1.807) is 30.5 Å². The number of pyridine rings is 1. The van der Waals surface area contributed by atoms with E-state index in [0.717, 1.165) is 16.8 Å². The van der Waals surface area contributed by atoms with Crippen molar-refractivity contribution in [2.24, 2.45) is 0 Å². The second-order valence-corrected chi connectivity index (χ2v) is 7.18. The zero-order valence-corrected chi connectivity index (χ0v) is 16.1. The monoisotopic (exact) mass is 397 g/mol. The highest BCUT2D eigenvalue weighted by Gasteiger charge is 2.24. The van der Waals surface area contributed by atoms with Gasteiger partial charge in [-0.2, -0.15) is 0 Å². The molecule has 0 unspecified atom stereocenters. The number of rotatable bonds is 6. The van der Waals surface area contributed by atoms with Gasteiger partial charge in [-0.05, 0) is 37.1 Å². The Bertz CT molecular complexity index is 1240.